The number of hydrogen-bond acceptors (Lipinski definition) is 4. The van der Waals surface area contributed by atoms with E-state index in [-0.39, 0.29) is 30.1 Å². The third-order valence-corrected chi connectivity index (χ3v) is 3.84. The maximum absolute atomic E-state index is 12.9. The zero-order chi connectivity index (χ0) is 19.1. The number of hydrogen-bond donors (Lipinski definition) is 1. The Morgan fingerprint density at radius 3 is 2.46 bits per heavy atom. The van der Waals surface area contributed by atoms with E-state index in [0.29, 0.717) is 18.5 Å². The number of carbonyl (C=O) groups is 2. The molecule has 1 amide bonds. The lowest BCUT2D eigenvalue weighted by atomic mass is 10.1. The fourth-order valence-corrected chi connectivity index (χ4v) is 2.65. The van der Waals surface area contributed by atoms with Gasteiger partial charge in [0, 0.05) is 37.2 Å². The van der Waals surface area contributed by atoms with Gasteiger partial charge in [-0.2, -0.15) is 0 Å². The molecule has 0 aliphatic rings. The normalized spacial score (nSPS) is 10.3. The Balaban J connectivity index is 2.26. The van der Waals surface area contributed by atoms with Crippen molar-refractivity contribution in [3.05, 3.63) is 75.3 Å². The van der Waals surface area contributed by atoms with Gasteiger partial charge in [0.1, 0.15) is 0 Å². The molecule has 0 atom stereocenters. The molecule has 7 nitrogen and oxygen atoms in total. The van der Waals surface area contributed by atoms with Crippen LogP contribution in [0.15, 0.2) is 48.5 Å². The molecule has 7 heteroatoms. The van der Waals surface area contributed by atoms with Crippen molar-refractivity contribution in [2.75, 3.05) is 6.54 Å². The minimum absolute atomic E-state index is 0.0491. The number of amides is 1. The molecule has 26 heavy (non-hydrogen) atoms. The smallest absolute Gasteiger partial charge is 0.303 e. The molecule has 0 aromatic heterocycles. The van der Waals surface area contributed by atoms with Crippen molar-refractivity contribution in [1.29, 1.82) is 0 Å². The minimum Gasteiger partial charge on any atom is -0.481 e. The Hall–Kier alpha value is -3.22. The van der Waals surface area contributed by atoms with E-state index in [1.54, 1.807) is 13.0 Å². The van der Waals surface area contributed by atoms with E-state index in [1.165, 1.54) is 17.0 Å². The number of nitro groups is 1. The molecule has 0 heterocycles. The van der Waals surface area contributed by atoms with Crippen molar-refractivity contribution in [1.82, 2.24) is 4.90 Å². The Labute approximate surface area is 151 Å². The van der Waals surface area contributed by atoms with Gasteiger partial charge in [-0.25, -0.2) is 0 Å². The van der Waals surface area contributed by atoms with Crippen molar-refractivity contribution < 1.29 is 19.6 Å². The fourth-order valence-electron chi connectivity index (χ4n) is 2.65. The zero-order valence-corrected chi connectivity index (χ0v) is 14.4. The molecule has 0 fully saturated rings. The van der Waals surface area contributed by atoms with Gasteiger partial charge in [-0.3, -0.25) is 19.7 Å². The summed E-state index contributed by atoms with van der Waals surface area (Å²) >= 11 is 0. The van der Waals surface area contributed by atoms with Crippen LogP contribution in [0, 0.1) is 17.0 Å². The lowest BCUT2D eigenvalue weighted by molar-refractivity contribution is -0.384. The Kier molecular flexibility index (Phi) is 6.43. The first kappa shape index (κ1) is 19.1. The SMILES string of the molecule is Cc1cc(C(=O)N(CCCC(=O)O)Cc2ccccc2)cc([N+](=O)[O-])c1. The molecule has 0 bridgehead atoms. The summed E-state index contributed by atoms with van der Waals surface area (Å²) in [6.45, 7) is 2.25. The number of nitro benzene ring substituents is 1. The number of carboxylic acid groups (broad SMARTS) is 1. The molecule has 0 saturated carbocycles. The van der Waals surface area contributed by atoms with E-state index >= 15 is 0 Å². The average Bonchev–Trinajstić information content (AvgIpc) is 2.60. The molecule has 0 unspecified atom stereocenters. The summed E-state index contributed by atoms with van der Waals surface area (Å²) in [6.07, 6.45) is 0.258. The number of carboxylic acids is 1. The van der Waals surface area contributed by atoms with Gasteiger partial charge in [-0.1, -0.05) is 30.3 Å². The molecule has 0 saturated heterocycles. The molecule has 2 rings (SSSR count). The summed E-state index contributed by atoms with van der Waals surface area (Å²) in [5, 5.41) is 19.9. The maximum Gasteiger partial charge on any atom is 0.303 e. The molecule has 0 radical (unpaired) electrons. The highest BCUT2D eigenvalue weighted by molar-refractivity contribution is 5.95. The molecule has 2 aromatic rings. The van der Waals surface area contributed by atoms with E-state index in [2.05, 4.69) is 0 Å². The van der Waals surface area contributed by atoms with Crippen molar-refractivity contribution in [3.8, 4) is 0 Å². The summed E-state index contributed by atoms with van der Waals surface area (Å²) in [7, 11) is 0. The summed E-state index contributed by atoms with van der Waals surface area (Å²) in [5.74, 6) is -1.28. The highest BCUT2D eigenvalue weighted by Crippen LogP contribution is 2.19. The average molecular weight is 356 g/mol. The summed E-state index contributed by atoms with van der Waals surface area (Å²) in [4.78, 5) is 35.7. The third-order valence-electron chi connectivity index (χ3n) is 3.84. The standard InChI is InChI=1S/C19H20N2O5/c1-14-10-16(12-17(11-14)21(25)26)19(24)20(9-5-8-18(22)23)13-15-6-3-2-4-7-15/h2-4,6-7,10-12H,5,8-9,13H2,1H3,(H,22,23). The van der Waals surface area contributed by atoms with Gasteiger partial charge < -0.3 is 10.0 Å². The van der Waals surface area contributed by atoms with Crippen LogP contribution in [0.3, 0.4) is 0 Å². The van der Waals surface area contributed by atoms with Crippen molar-refractivity contribution in [2.45, 2.75) is 26.3 Å². The van der Waals surface area contributed by atoms with Crippen LogP contribution in [0.5, 0.6) is 0 Å². The van der Waals surface area contributed by atoms with E-state index in [9.17, 15) is 19.7 Å². The number of benzene rings is 2. The fraction of sp³-hybridized carbons (Fsp3) is 0.263. The summed E-state index contributed by atoms with van der Waals surface area (Å²) in [6, 6.07) is 13.6. The van der Waals surface area contributed by atoms with Gasteiger partial charge in [0.15, 0.2) is 0 Å². The van der Waals surface area contributed by atoms with Crippen LogP contribution in [0.1, 0.15) is 34.3 Å². The predicted octanol–water partition coefficient (Wildman–Crippen LogP) is 3.41. The molecule has 2 aromatic carbocycles. The highest BCUT2D eigenvalue weighted by atomic mass is 16.6. The van der Waals surface area contributed by atoms with Crippen molar-refractivity contribution in [3.63, 3.8) is 0 Å². The third kappa shape index (κ3) is 5.41. The monoisotopic (exact) mass is 356 g/mol. The van der Waals surface area contributed by atoms with E-state index < -0.39 is 10.9 Å². The van der Waals surface area contributed by atoms with Crippen LogP contribution in [0.25, 0.3) is 0 Å². The zero-order valence-electron chi connectivity index (χ0n) is 14.4. The van der Waals surface area contributed by atoms with Gasteiger partial charge >= 0.3 is 5.97 Å². The van der Waals surface area contributed by atoms with E-state index in [4.69, 9.17) is 5.11 Å². The molecule has 0 aliphatic heterocycles. The number of rotatable bonds is 8. The molecular weight excluding hydrogens is 336 g/mol. The van der Waals surface area contributed by atoms with Crippen LogP contribution < -0.4 is 0 Å². The summed E-state index contributed by atoms with van der Waals surface area (Å²) in [5.41, 5.74) is 1.60. The lowest BCUT2D eigenvalue weighted by Crippen LogP contribution is -2.32. The topological polar surface area (TPSA) is 101 Å². The van der Waals surface area contributed by atoms with E-state index in [0.717, 1.165) is 5.56 Å². The number of aryl methyl sites for hydroxylation is 1. The van der Waals surface area contributed by atoms with Gasteiger partial charge in [-0.15, -0.1) is 0 Å². The Morgan fingerprint density at radius 2 is 1.85 bits per heavy atom. The summed E-state index contributed by atoms with van der Waals surface area (Å²) < 4.78 is 0. The molecule has 0 aliphatic carbocycles. The molecule has 0 spiro atoms. The second kappa shape index (κ2) is 8.75. The number of aliphatic carboxylic acids is 1. The second-order valence-corrected chi connectivity index (χ2v) is 6.02. The highest BCUT2D eigenvalue weighted by Gasteiger charge is 2.19. The largest absolute Gasteiger partial charge is 0.481 e. The van der Waals surface area contributed by atoms with Crippen LogP contribution in [0.2, 0.25) is 0 Å². The van der Waals surface area contributed by atoms with Crippen LogP contribution >= 0.6 is 0 Å². The first-order valence-corrected chi connectivity index (χ1v) is 8.18. The first-order valence-electron chi connectivity index (χ1n) is 8.18. The van der Waals surface area contributed by atoms with Crippen LogP contribution in [0.4, 0.5) is 5.69 Å². The van der Waals surface area contributed by atoms with Crippen molar-refractivity contribution >= 4 is 17.6 Å². The van der Waals surface area contributed by atoms with Crippen molar-refractivity contribution in [2.24, 2.45) is 0 Å². The van der Waals surface area contributed by atoms with Gasteiger partial charge in [0.2, 0.25) is 0 Å². The molecular formula is C19H20N2O5. The van der Waals surface area contributed by atoms with Crippen LogP contribution in [-0.4, -0.2) is 33.4 Å². The van der Waals surface area contributed by atoms with Gasteiger partial charge in [-0.05, 0) is 30.5 Å². The molecule has 1 N–H and O–H groups in total. The Bertz CT molecular complexity index is 805. The number of carbonyl (C=O) groups excluding carboxylic acids is 1. The maximum atomic E-state index is 12.9. The van der Waals surface area contributed by atoms with Gasteiger partial charge in [0.25, 0.3) is 11.6 Å². The number of non-ortho nitro benzene ring substituents is 1. The second-order valence-electron chi connectivity index (χ2n) is 6.02. The van der Waals surface area contributed by atoms with E-state index in [1.807, 2.05) is 30.3 Å². The minimum atomic E-state index is -0.927. The number of nitrogens with zero attached hydrogens (tertiary/aromatic N) is 2. The quantitative estimate of drug-likeness (QED) is 0.577. The van der Waals surface area contributed by atoms with Crippen LogP contribution in [-0.2, 0) is 11.3 Å². The predicted molar refractivity (Wildman–Crippen MR) is 95.9 cm³/mol. The van der Waals surface area contributed by atoms with Gasteiger partial charge in [0.05, 0.1) is 4.92 Å². The molecule has 136 valence electrons. The Morgan fingerprint density at radius 1 is 1.15 bits per heavy atom. The first-order chi connectivity index (χ1) is 12.4. The lowest BCUT2D eigenvalue weighted by Gasteiger charge is -2.23.